The number of amides is 1. The average molecular weight is 267 g/mol. The van der Waals surface area contributed by atoms with Gasteiger partial charge in [0.2, 0.25) is 5.91 Å². The summed E-state index contributed by atoms with van der Waals surface area (Å²) in [6.45, 7) is 7.11. The lowest BCUT2D eigenvalue weighted by atomic mass is 9.88. The Bertz CT molecular complexity index is 368. The highest BCUT2D eigenvalue weighted by atomic mass is 16.4. The predicted molar refractivity (Wildman–Crippen MR) is 72.6 cm³/mol. The van der Waals surface area contributed by atoms with Gasteiger partial charge in [-0.25, -0.2) is 0 Å². The maximum absolute atomic E-state index is 12.7. The second-order valence-corrected chi connectivity index (χ2v) is 6.52. The van der Waals surface area contributed by atoms with Gasteiger partial charge < -0.3 is 10.0 Å². The van der Waals surface area contributed by atoms with Crippen molar-refractivity contribution < 1.29 is 14.7 Å². The van der Waals surface area contributed by atoms with E-state index < -0.39 is 11.9 Å². The van der Waals surface area contributed by atoms with E-state index in [9.17, 15) is 14.7 Å². The first kappa shape index (κ1) is 14.4. The minimum Gasteiger partial charge on any atom is -0.481 e. The Morgan fingerprint density at radius 1 is 1.11 bits per heavy atom. The van der Waals surface area contributed by atoms with Gasteiger partial charge in [-0.15, -0.1) is 0 Å². The van der Waals surface area contributed by atoms with Crippen LogP contribution >= 0.6 is 0 Å². The van der Waals surface area contributed by atoms with Crippen LogP contribution in [0.2, 0.25) is 0 Å². The number of carboxylic acid groups (broad SMARTS) is 1. The molecular weight excluding hydrogens is 242 g/mol. The van der Waals surface area contributed by atoms with Crippen molar-refractivity contribution in [3.8, 4) is 0 Å². The van der Waals surface area contributed by atoms with Gasteiger partial charge in [0.1, 0.15) is 0 Å². The molecule has 1 N–H and O–H groups in total. The van der Waals surface area contributed by atoms with Crippen LogP contribution in [-0.2, 0) is 9.59 Å². The highest BCUT2D eigenvalue weighted by Crippen LogP contribution is 2.38. The molecule has 2 aliphatic rings. The molecule has 5 atom stereocenters. The van der Waals surface area contributed by atoms with E-state index in [2.05, 4.69) is 13.8 Å². The molecule has 0 radical (unpaired) electrons. The Morgan fingerprint density at radius 3 is 2.37 bits per heavy atom. The molecule has 2 fully saturated rings. The second-order valence-electron chi connectivity index (χ2n) is 6.52. The topological polar surface area (TPSA) is 57.6 Å². The first-order valence-electron chi connectivity index (χ1n) is 7.45. The third-order valence-electron chi connectivity index (χ3n) is 5.09. The van der Waals surface area contributed by atoms with Crippen LogP contribution in [0, 0.1) is 23.7 Å². The van der Waals surface area contributed by atoms with E-state index in [1.165, 1.54) is 0 Å². The van der Waals surface area contributed by atoms with Gasteiger partial charge >= 0.3 is 5.97 Å². The van der Waals surface area contributed by atoms with Gasteiger partial charge in [0, 0.05) is 12.6 Å². The molecule has 2 rings (SSSR count). The Hall–Kier alpha value is -1.06. The molecule has 3 unspecified atom stereocenters. The number of carboxylic acids is 1. The van der Waals surface area contributed by atoms with Gasteiger partial charge in [-0.2, -0.15) is 0 Å². The smallest absolute Gasteiger partial charge is 0.307 e. The summed E-state index contributed by atoms with van der Waals surface area (Å²) in [7, 11) is 0. The highest BCUT2D eigenvalue weighted by molar-refractivity contribution is 5.85. The van der Waals surface area contributed by atoms with Gasteiger partial charge in [0.25, 0.3) is 0 Å². The number of nitrogens with zero attached hydrogens (tertiary/aromatic N) is 1. The van der Waals surface area contributed by atoms with E-state index in [1.807, 2.05) is 11.8 Å². The van der Waals surface area contributed by atoms with E-state index >= 15 is 0 Å². The van der Waals surface area contributed by atoms with Crippen LogP contribution in [0.25, 0.3) is 0 Å². The van der Waals surface area contributed by atoms with Crippen LogP contribution in [0.1, 0.15) is 46.5 Å². The predicted octanol–water partition coefficient (Wildman–Crippen LogP) is 2.38. The molecule has 0 aromatic heterocycles. The average Bonchev–Trinajstić information content (AvgIpc) is 2.74. The third kappa shape index (κ3) is 2.77. The molecule has 0 aromatic rings. The molecule has 108 valence electrons. The number of piperidine rings is 1. The molecule has 19 heavy (non-hydrogen) atoms. The Labute approximate surface area is 115 Å². The maximum Gasteiger partial charge on any atom is 0.307 e. The Kier molecular flexibility index (Phi) is 4.16. The normalized spacial score (nSPS) is 39.3. The number of rotatable bonds is 2. The molecule has 4 heteroatoms. The van der Waals surface area contributed by atoms with Crippen LogP contribution in [0.5, 0.6) is 0 Å². The molecule has 1 aliphatic carbocycles. The van der Waals surface area contributed by atoms with E-state index in [0.717, 1.165) is 25.8 Å². The number of carbonyl (C=O) groups is 2. The van der Waals surface area contributed by atoms with Crippen molar-refractivity contribution in [2.24, 2.45) is 23.7 Å². The molecule has 0 bridgehead atoms. The fraction of sp³-hybridized carbons (Fsp3) is 0.867. The Balaban J connectivity index is 2.11. The van der Waals surface area contributed by atoms with Crippen LogP contribution < -0.4 is 0 Å². The summed E-state index contributed by atoms with van der Waals surface area (Å²) < 4.78 is 0. The lowest BCUT2D eigenvalue weighted by Gasteiger charge is -2.39. The lowest BCUT2D eigenvalue weighted by molar-refractivity contribution is -0.151. The second kappa shape index (κ2) is 5.51. The van der Waals surface area contributed by atoms with Crippen LogP contribution in [0.4, 0.5) is 0 Å². The zero-order valence-electron chi connectivity index (χ0n) is 12.1. The van der Waals surface area contributed by atoms with Crippen molar-refractivity contribution in [1.29, 1.82) is 0 Å². The fourth-order valence-electron chi connectivity index (χ4n) is 3.70. The summed E-state index contributed by atoms with van der Waals surface area (Å²) in [5.74, 6) is -0.657. The molecule has 0 aromatic carbocycles. The highest BCUT2D eigenvalue weighted by Gasteiger charge is 2.44. The summed E-state index contributed by atoms with van der Waals surface area (Å²) >= 11 is 0. The summed E-state index contributed by atoms with van der Waals surface area (Å²) in [5.41, 5.74) is 0. The summed E-state index contributed by atoms with van der Waals surface area (Å²) in [6, 6.07) is 0.242. The first-order valence-corrected chi connectivity index (χ1v) is 7.45. The summed E-state index contributed by atoms with van der Waals surface area (Å²) in [4.78, 5) is 25.9. The van der Waals surface area contributed by atoms with Crippen molar-refractivity contribution >= 4 is 11.9 Å². The Morgan fingerprint density at radius 2 is 1.74 bits per heavy atom. The lowest BCUT2D eigenvalue weighted by Crippen LogP contribution is -2.49. The third-order valence-corrected chi connectivity index (χ3v) is 5.09. The van der Waals surface area contributed by atoms with Crippen molar-refractivity contribution in [3.05, 3.63) is 0 Å². The number of hydrogen-bond acceptors (Lipinski definition) is 2. The van der Waals surface area contributed by atoms with Crippen LogP contribution in [0.3, 0.4) is 0 Å². The summed E-state index contributed by atoms with van der Waals surface area (Å²) in [6.07, 6.45) is 3.57. The molecule has 1 aliphatic heterocycles. The van der Waals surface area contributed by atoms with Crippen molar-refractivity contribution in [2.75, 3.05) is 6.54 Å². The molecule has 4 nitrogen and oxygen atoms in total. The van der Waals surface area contributed by atoms with E-state index in [0.29, 0.717) is 18.3 Å². The quantitative estimate of drug-likeness (QED) is 0.835. The van der Waals surface area contributed by atoms with Crippen molar-refractivity contribution in [1.82, 2.24) is 4.90 Å². The van der Waals surface area contributed by atoms with Crippen LogP contribution in [0.15, 0.2) is 0 Å². The zero-order valence-corrected chi connectivity index (χ0v) is 12.1. The number of carbonyl (C=O) groups excluding carboxylic acids is 1. The molecule has 1 amide bonds. The maximum atomic E-state index is 12.7. The summed E-state index contributed by atoms with van der Waals surface area (Å²) in [5, 5.41) is 9.30. The zero-order chi connectivity index (χ0) is 14.2. The van der Waals surface area contributed by atoms with E-state index in [-0.39, 0.29) is 17.9 Å². The molecule has 1 saturated heterocycles. The number of aliphatic carboxylic acids is 1. The van der Waals surface area contributed by atoms with Gasteiger partial charge in [0.15, 0.2) is 0 Å². The molecule has 1 heterocycles. The fourth-order valence-corrected chi connectivity index (χ4v) is 3.70. The van der Waals surface area contributed by atoms with Crippen molar-refractivity contribution in [3.63, 3.8) is 0 Å². The largest absolute Gasteiger partial charge is 0.481 e. The first-order chi connectivity index (χ1) is 8.91. The van der Waals surface area contributed by atoms with E-state index in [4.69, 9.17) is 0 Å². The molecular formula is C15H25NO3. The van der Waals surface area contributed by atoms with Gasteiger partial charge in [-0.3, -0.25) is 9.59 Å². The minimum absolute atomic E-state index is 0.0794. The minimum atomic E-state index is -0.805. The number of hydrogen-bond donors (Lipinski definition) is 1. The monoisotopic (exact) mass is 267 g/mol. The molecule has 0 spiro atoms. The molecule has 1 saturated carbocycles. The SMILES string of the molecule is CC1C[C@H](C(=O)N2CCCC(C)C2C)[C@H](C(=O)O)C1. The van der Waals surface area contributed by atoms with Gasteiger partial charge in [-0.1, -0.05) is 13.8 Å². The standard InChI is InChI=1S/C15H25NO3/c1-9-7-12(13(8-9)15(18)19)14(17)16-6-4-5-10(2)11(16)3/h9-13H,4-8H2,1-3H3,(H,18,19)/t9?,10?,11?,12-,13+/m0/s1. The van der Waals surface area contributed by atoms with Crippen LogP contribution in [-0.4, -0.2) is 34.5 Å². The van der Waals surface area contributed by atoms with E-state index in [1.54, 1.807) is 0 Å². The van der Waals surface area contributed by atoms with Crippen molar-refractivity contribution in [2.45, 2.75) is 52.5 Å². The van der Waals surface area contributed by atoms with Gasteiger partial charge in [-0.05, 0) is 44.4 Å². The van der Waals surface area contributed by atoms with Gasteiger partial charge in [0.05, 0.1) is 11.8 Å². The number of likely N-dealkylation sites (tertiary alicyclic amines) is 1.